The minimum Gasteiger partial charge on any atom is -0.376 e. The highest BCUT2D eigenvalue weighted by atomic mass is 16.5. The number of piperazine rings is 1. The number of nitrogens with zero attached hydrogens (tertiary/aromatic N) is 1. The van der Waals surface area contributed by atoms with Crippen LogP contribution in [0.3, 0.4) is 0 Å². The number of carbonyl (C=O) groups excluding carboxylic acids is 2. The molecule has 2 unspecified atom stereocenters. The van der Waals surface area contributed by atoms with Gasteiger partial charge in [-0.25, -0.2) is 0 Å². The fourth-order valence-electron chi connectivity index (χ4n) is 4.03. The van der Waals surface area contributed by atoms with Crippen LogP contribution in [0.25, 0.3) is 0 Å². The van der Waals surface area contributed by atoms with Gasteiger partial charge in [0, 0.05) is 13.2 Å². The molecule has 2 amide bonds. The van der Waals surface area contributed by atoms with Gasteiger partial charge in [0.05, 0.1) is 6.10 Å². The van der Waals surface area contributed by atoms with Crippen molar-refractivity contribution in [2.45, 2.75) is 76.0 Å². The number of rotatable bonds is 3. The lowest BCUT2D eigenvalue weighted by atomic mass is 9.88. The molecular weight excluding hydrogens is 268 g/mol. The van der Waals surface area contributed by atoms with Gasteiger partial charge >= 0.3 is 0 Å². The summed E-state index contributed by atoms with van der Waals surface area (Å²) < 4.78 is 5.81. The first-order valence-electron chi connectivity index (χ1n) is 8.41. The third kappa shape index (κ3) is 2.56. The molecule has 118 valence electrons. The lowest BCUT2D eigenvalue weighted by molar-refractivity contribution is -0.160. The second kappa shape index (κ2) is 5.95. The molecule has 0 radical (unpaired) electrons. The summed E-state index contributed by atoms with van der Waals surface area (Å²) in [5.74, 6) is 0.149. The molecule has 3 fully saturated rings. The number of hydrogen-bond acceptors (Lipinski definition) is 3. The molecule has 2 atom stereocenters. The van der Waals surface area contributed by atoms with E-state index in [9.17, 15) is 9.59 Å². The first kappa shape index (κ1) is 14.8. The Labute approximate surface area is 126 Å². The summed E-state index contributed by atoms with van der Waals surface area (Å²) in [5.41, 5.74) is -0.594. The molecule has 3 rings (SSSR count). The highest BCUT2D eigenvalue weighted by Gasteiger charge is 2.53. The molecule has 1 aliphatic carbocycles. The maximum atomic E-state index is 12.8. The van der Waals surface area contributed by atoms with Crippen LogP contribution in [0, 0.1) is 0 Å². The zero-order chi connectivity index (χ0) is 14.9. The lowest BCUT2D eigenvalue weighted by Crippen LogP contribution is -2.70. The van der Waals surface area contributed by atoms with Crippen LogP contribution in [-0.2, 0) is 14.3 Å². The highest BCUT2D eigenvalue weighted by Crippen LogP contribution is 2.39. The number of nitrogens with one attached hydrogen (secondary N) is 1. The second-order valence-corrected chi connectivity index (χ2v) is 6.61. The molecule has 2 saturated heterocycles. The number of carbonyl (C=O) groups is 2. The van der Waals surface area contributed by atoms with Crippen molar-refractivity contribution in [3.8, 4) is 0 Å². The molecule has 5 nitrogen and oxygen atoms in total. The van der Waals surface area contributed by atoms with Crippen LogP contribution in [0.1, 0.15) is 58.3 Å². The van der Waals surface area contributed by atoms with Crippen molar-refractivity contribution in [1.82, 2.24) is 10.2 Å². The number of hydrogen-bond donors (Lipinski definition) is 1. The van der Waals surface area contributed by atoms with Crippen molar-refractivity contribution in [3.63, 3.8) is 0 Å². The van der Waals surface area contributed by atoms with Gasteiger partial charge in [0.2, 0.25) is 11.8 Å². The zero-order valence-electron chi connectivity index (χ0n) is 12.9. The smallest absolute Gasteiger partial charge is 0.246 e. The molecule has 0 bridgehead atoms. The Morgan fingerprint density at radius 3 is 2.62 bits per heavy atom. The maximum Gasteiger partial charge on any atom is 0.246 e. The molecule has 3 aliphatic rings. The van der Waals surface area contributed by atoms with Gasteiger partial charge in [0.15, 0.2) is 0 Å². The molecule has 2 aliphatic heterocycles. The summed E-state index contributed by atoms with van der Waals surface area (Å²) in [7, 11) is 0. The van der Waals surface area contributed by atoms with Crippen molar-refractivity contribution >= 4 is 11.8 Å². The normalized spacial score (nSPS) is 32.5. The predicted molar refractivity (Wildman–Crippen MR) is 78.7 cm³/mol. The van der Waals surface area contributed by atoms with Crippen molar-refractivity contribution in [2.24, 2.45) is 0 Å². The van der Waals surface area contributed by atoms with Crippen LogP contribution in [0.4, 0.5) is 0 Å². The summed E-state index contributed by atoms with van der Waals surface area (Å²) in [4.78, 5) is 27.3. The average Bonchev–Trinajstić information content (AvgIpc) is 2.99. The van der Waals surface area contributed by atoms with E-state index in [2.05, 4.69) is 5.32 Å². The van der Waals surface area contributed by atoms with E-state index in [1.54, 1.807) is 0 Å². The third-order valence-corrected chi connectivity index (χ3v) is 5.31. The van der Waals surface area contributed by atoms with Crippen LogP contribution < -0.4 is 5.32 Å². The van der Waals surface area contributed by atoms with Gasteiger partial charge in [-0.2, -0.15) is 0 Å². The Morgan fingerprint density at radius 2 is 2.00 bits per heavy atom. The van der Waals surface area contributed by atoms with E-state index in [4.69, 9.17) is 4.74 Å². The van der Waals surface area contributed by atoms with Gasteiger partial charge in [-0.05, 0) is 38.5 Å². The van der Waals surface area contributed by atoms with Gasteiger partial charge in [0.25, 0.3) is 0 Å². The Hall–Kier alpha value is -1.10. The number of ether oxygens (including phenoxy) is 1. The molecule has 5 heteroatoms. The summed E-state index contributed by atoms with van der Waals surface area (Å²) in [6.45, 7) is 3.32. The third-order valence-electron chi connectivity index (χ3n) is 5.31. The topological polar surface area (TPSA) is 58.6 Å². The van der Waals surface area contributed by atoms with E-state index < -0.39 is 5.54 Å². The van der Waals surface area contributed by atoms with Gasteiger partial charge in [0.1, 0.15) is 11.6 Å². The summed E-state index contributed by atoms with van der Waals surface area (Å²) in [6, 6.07) is -0.354. The molecule has 0 aromatic carbocycles. The van der Waals surface area contributed by atoms with Crippen molar-refractivity contribution in [3.05, 3.63) is 0 Å². The molecule has 0 aromatic rings. The summed E-state index contributed by atoms with van der Waals surface area (Å²) in [6.07, 6.45) is 7.67. The predicted octanol–water partition coefficient (Wildman–Crippen LogP) is 1.61. The molecule has 1 saturated carbocycles. The van der Waals surface area contributed by atoms with Gasteiger partial charge in [-0.1, -0.05) is 19.8 Å². The summed E-state index contributed by atoms with van der Waals surface area (Å²) in [5, 5.41) is 2.94. The monoisotopic (exact) mass is 294 g/mol. The molecule has 2 heterocycles. The van der Waals surface area contributed by atoms with E-state index in [0.717, 1.165) is 51.6 Å². The number of amides is 2. The fourth-order valence-corrected chi connectivity index (χ4v) is 4.03. The van der Waals surface area contributed by atoms with E-state index >= 15 is 0 Å². The first-order valence-corrected chi connectivity index (χ1v) is 8.41. The van der Waals surface area contributed by atoms with Crippen LogP contribution in [-0.4, -0.2) is 47.6 Å². The maximum absolute atomic E-state index is 12.8. The van der Waals surface area contributed by atoms with E-state index in [1.165, 1.54) is 0 Å². The standard InChI is InChI=1S/C16H26N2O3/c1-2-13-14(19)18(11-12-7-3-6-10-21-12)16(15(20)17-13)8-4-5-9-16/h12-13H,2-11H2,1H3,(H,17,20). The highest BCUT2D eigenvalue weighted by molar-refractivity contribution is 6.00. The minimum atomic E-state index is -0.594. The largest absolute Gasteiger partial charge is 0.376 e. The molecule has 1 spiro atoms. The van der Waals surface area contributed by atoms with Gasteiger partial charge in [-0.15, -0.1) is 0 Å². The van der Waals surface area contributed by atoms with Crippen LogP contribution in [0.2, 0.25) is 0 Å². The molecular formula is C16H26N2O3. The van der Waals surface area contributed by atoms with E-state index in [0.29, 0.717) is 13.0 Å². The van der Waals surface area contributed by atoms with Crippen LogP contribution >= 0.6 is 0 Å². The van der Waals surface area contributed by atoms with Gasteiger partial charge in [-0.3, -0.25) is 9.59 Å². The van der Waals surface area contributed by atoms with Crippen LogP contribution in [0.15, 0.2) is 0 Å². The quantitative estimate of drug-likeness (QED) is 0.860. The average molecular weight is 294 g/mol. The van der Waals surface area contributed by atoms with Gasteiger partial charge < -0.3 is 15.0 Å². The Kier molecular flexibility index (Phi) is 4.20. The Bertz CT molecular complexity index is 412. The molecule has 21 heavy (non-hydrogen) atoms. The van der Waals surface area contributed by atoms with E-state index in [-0.39, 0.29) is 24.0 Å². The van der Waals surface area contributed by atoms with Crippen molar-refractivity contribution in [2.75, 3.05) is 13.2 Å². The summed E-state index contributed by atoms with van der Waals surface area (Å²) >= 11 is 0. The Morgan fingerprint density at radius 1 is 1.24 bits per heavy atom. The Balaban J connectivity index is 1.82. The SMILES string of the molecule is CCC1NC(=O)C2(CCCC2)N(CC2CCCCO2)C1=O. The van der Waals surface area contributed by atoms with Crippen LogP contribution in [0.5, 0.6) is 0 Å². The molecule has 1 N–H and O–H groups in total. The van der Waals surface area contributed by atoms with Crippen molar-refractivity contribution < 1.29 is 14.3 Å². The minimum absolute atomic E-state index is 0.0576. The first-order chi connectivity index (χ1) is 10.2. The van der Waals surface area contributed by atoms with Crippen molar-refractivity contribution in [1.29, 1.82) is 0 Å². The lowest BCUT2D eigenvalue weighted by Gasteiger charge is -2.47. The van der Waals surface area contributed by atoms with E-state index in [1.807, 2.05) is 11.8 Å². The zero-order valence-corrected chi connectivity index (χ0v) is 12.9. The second-order valence-electron chi connectivity index (χ2n) is 6.61. The molecule has 0 aromatic heterocycles. The fraction of sp³-hybridized carbons (Fsp3) is 0.875.